The zero-order valence-electron chi connectivity index (χ0n) is 20.6. The van der Waals surface area contributed by atoms with Gasteiger partial charge in [0.25, 0.3) is 5.91 Å². The van der Waals surface area contributed by atoms with E-state index < -0.39 is 44.0 Å². The number of hydrogen-bond acceptors (Lipinski definition) is 5. The minimum absolute atomic E-state index is 0.0404. The van der Waals surface area contributed by atoms with E-state index in [-0.39, 0.29) is 64.2 Å². The molecule has 2 amide bonds. The Balaban J connectivity index is 1.32. The largest absolute Gasteiger partial charge is 0.387 e. The molecular weight excluding hydrogens is 557 g/mol. The van der Waals surface area contributed by atoms with Gasteiger partial charge in [-0.15, -0.1) is 0 Å². The predicted octanol–water partition coefficient (Wildman–Crippen LogP) is 4.40. The van der Waals surface area contributed by atoms with E-state index in [2.05, 4.69) is 17.2 Å². The van der Waals surface area contributed by atoms with Crippen LogP contribution in [0.3, 0.4) is 0 Å². The number of hydrogen-bond donors (Lipinski definition) is 3. The Bertz CT molecular complexity index is 1460. The van der Waals surface area contributed by atoms with E-state index in [9.17, 15) is 36.3 Å². The van der Waals surface area contributed by atoms with Crippen molar-refractivity contribution in [1.82, 2.24) is 5.32 Å². The fourth-order valence-electron chi connectivity index (χ4n) is 5.86. The Kier molecular flexibility index (Phi) is 7.05. The first-order valence-electron chi connectivity index (χ1n) is 12.5. The number of halogens is 4. The van der Waals surface area contributed by atoms with Crippen molar-refractivity contribution >= 4 is 38.9 Å². The third-order valence-electron chi connectivity index (χ3n) is 8.21. The zero-order chi connectivity index (χ0) is 28.3. The number of benzene rings is 2. The summed E-state index contributed by atoms with van der Waals surface area (Å²) in [5, 5.41) is 15.5. The van der Waals surface area contributed by atoms with Crippen molar-refractivity contribution in [3.63, 3.8) is 0 Å². The van der Waals surface area contributed by atoms with Crippen LogP contribution in [0.25, 0.3) is 0 Å². The van der Waals surface area contributed by atoms with Gasteiger partial charge in [-0.05, 0) is 62.1 Å². The number of rotatable bonds is 7. The molecule has 3 aliphatic carbocycles. The Labute approximate surface area is 228 Å². The average molecular weight is 583 g/mol. The molecule has 3 atom stereocenters. The first kappa shape index (κ1) is 27.7. The molecule has 0 heterocycles. The molecule has 3 fully saturated rings. The Morgan fingerprint density at radius 1 is 1.08 bits per heavy atom. The number of sulfone groups is 1. The lowest BCUT2D eigenvalue weighted by molar-refractivity contribution is -0.125. The number of aliphatic hydroxyl groups is 1. The maximum Gasteiger partial charge on any atom is 0.255 e. The van der Waals surface area contributed by atoms with E-state index in [4.69, 9.17) is 11.6 Å². The summed E-state index contributed by atoms with van der Waals surface area (Å²) in [7, 11) is -4.05. The van der Waals surface area contributed by atoms with Crippen molar-refractivity contribution in [2.75, 3.05) is 11.9 Å². The molecule has 12 heteroatoms. The molecule has 39 heavy (non-hydrogen) atoms. The summed E-state index contributed by atoms with van der Waals surface area (Å²) in [5.41, 5.74) is -0.856. The molecule has 0 aromatic heterocycles. The minimum Gasteiger partial charge on any atom is -0.387 e. The summed E-state index contributed by atoms with van der Waals surface area (Å²) in [5.74, 6) is -6.66. The minimum atomic E-state index is -4.05. The number of carbonyl (C=O) groups is 2. The van der Waals surface area contributed by atoms with Crippen LogP contribution in [0, 0.1) is 35.2 Å². The summed E-state index contributed by atoms with van der Waals surface area (Å²) in [6.07, 6.45) is 2.16. The van der Waals surface area contributed by atoms with Crippen LogP contribution in [0.4, 0.5) is 18.9 Å². The molecule has 2 aromatic rings. The number of fused-ring (bicyclic) bond motifs is 2. The van der Waals surface area contributed by atoms with E-state index in [0.29, 0.717) is 31.4 Å². The molecule has 0 saturated heterocycles. The van der Waals surface area contributed by atoms with E-state index >= 15 is 0 Å². The van der Waals surface area contributed by atoms with Gasteiger partial charge in [0.15, 0.2) is 27.3 Å². The number of carbonyl (C=O) groups excluding carboxylic acids is 2. The van der Waals surface area contributed by atoms with Gasteiger partial charge in [0.1, 0.15) is 0 Å². The maximum atomic E-state index is 13.7. The van der Waals surface area contributed by atoms with Crippen LogP contribution in [0.5, 0.6) is 0 Å². The molecule has 3 N–H and O–H groups in total. The summed E-state index contributed by atoms with van der Waals surface area (Å²) in [6.45, 7) is 3.82. The number of nitrogens with one attached hydrogen (secondary N) is 2. The molecule has 2 bridgehead atoms. The van der Waals surface area contributed by atoms with Crippen molar-refractivity contribution in [1.29, 1.82) is 0 Å². The van der Waals surface area contributed by atoms with Crippen molar-refractivity contribution < 1.29 is 36.3 Å². The SMILES string of the molecule is C=C1CC1C(=O)NC[C@]1(O)C2CCC1C[C@@H](S(=O)(=O)c1cc(C(=O)Nc3cc(F)c(F)c(F)c3)ccc1Cl)C2. The highest BCUT2D eigenvalue weighted by Crippen LogP contribution is 2.52. The van der Waals surface area contributed by atoms with Crippen LogP contribution in [0.15, 0.2) is 47.4 Å². The summed E-state index contributed by atoms with van der Waals surface area (Å²) < 4.78 is 67.7. The molecule has 3 saturated carbocycles. The molecule has 0 radical (unpaired) electrons. The van der Waals surface area contributed by atoms with Crippen molar-refractivity contribution in [3.8, 4) is 0 Å². The van der Waals surface area contributed by atoms with Crippen LogP contribution in [-0.4, -0.2) is 42.7 Å². The fourth-order valence-corrected chi connectivity index (χ4v) is 8.26. The average Bonchev–Trinajstić information content (AvgIpc) is 3.60. The van der Waals surface area contributed by atoms with Gasteiger partial charge in [0.2, 0.25) is 5.91 Å². The first-order valence-corrected chi connectivity index (χ1v) is 14.4. The Morgan fingerprint density at radius 2 is 1.67 bits per heavy atom. The van der Waals surface area contributed by atoms with Gasteiger partial charge in [-0.3, -0.25) is 9.59 Å². The monoisotopic (exact) mass is 582 g/mol. The third kappa shape index (κ3) is 5.07. The van der Waals surface area contributed by atoms with Crippen molar-refractivity contribution in [2.45, 2.75) is 47.9 Å². The zero-order valence-corrected chi connectivity index (χ0v) is 22.2. The van der Waals surface area contributed by atoms with Crippen LogP contribution < -0.4 is 10.6 Å². The van der Waals surface area contributed by atoms with Crippen molar-refractivity contribution in [2.24, 2.45) is 17.8 Å². The topological polar surface area (TPSA) is 113 Å². The maximum absolute atomic E-state index is 13.7. The van der Waals surface area contributed by atoms with Gasteiger partial charge in [-0.2, -0.15) is 0 Å². The molecular formula is C27H26ClF3N2O5S. The number of amides is 2. The second-order valence-electron chi connectivity index (χ2n) is 10.6. The second kappa shape index (κ2) is 9.94. The molecule has 7 nitrogen and oxygen atoms in total. The summed E-state index contributed by atoms with van der Waals surface area (Å²) in [4.78, 5) is 24.7. The second-order valence-corrected chi connectivity index (χ2v) is 13.2. The van der Waals surface area contributed by atoms with Gasteiger partial charge in [0.05, 0.1) is 26.7 Å². The standard InChI is InChI=1S/C27H26ClF3N2O5S/c1-13-6-19(13)26(35)32-12-27(36)15-3-4-16(27)9-18(8-15)39(37,38)23-7-14(2-5-20(23)28)25(34)33-17-10-21(29)24(31)22(30)11-17/h2,5,7,10-11,15-16,18-19,36H,1,3-4,6,8-9,12H2,(H,32,35)(H,33,34)/t15?,16?,18-,19?,27-. The molecule has 3 unspecified atom stereocenters. The van der Waals surface area contributed by atoms with E-state index in [1.807, 2.05) is 0 Å². The molecule has 208 valence electrons. The van der Waals surface area contributed by atoms with Gasteiger partial charge < -0.3 is 15.7 Å². The van der Waals surface area contributed by atoms with Gasteiger partial charge in [-0.1, -0.05) is 23.8 Å². The first-order chi connectivity index (χ1) is 18.3. The van der Waals surface area contributed by atoms with Crippen LogP contribution in [0.1, 0.15) is 42.5 Å². The van der Waals surface area contributed by atoms with E-state index in [0.717, 1.165) is 11.6 Å². The fraction of sp³-hybridized carbons (Fsp3) is 0.407. The lowest BCUT2D eigenvalue weighted by Crippen LogP contribution is -2.54. The normalized spacial score (nSPS) is 27.8. The highest BCUT2D eigenvalue weighted by molar-refractivity contribution is 7.92. The van der Waals surface area contributed by atoms with Gasteiger partial charge in [-0.25, -0.2) is 21.6 Å². The lowest BCUT2D eigenvalue weighted by atomic mass is 9.74. The smallest absolute Gasteiger partial charge is 0.255 e. The predicted molar refractivity (Wildman–Crippen MR) is 137 cm³/mol. The van der Waals surface area contributed by atoms with Crippen LogP contribution in [0.2, 0.25) is 5.02 Å². The molecule has 0 aliphatic heterocycles. The van der Waals surface area contributed by atoms with Gasteiger partial charge >= 0.3 is 0 Å². The van der Waals surface area contributed by atoms with E-state index in [1.165, 1.54) is 12.1 Å². The highest BCUT2D eigenvalue weighted by Gasteiger charge is 2.56. The quantitative estimate of drug-likeness (QED) is 0.331. The van der Waals surface area contributed by atoms with Crippen molar-refractivity contribution in [3.05, 3.63) is 70.5 Å². The molecule has 0 spiro atoms. The van der Waals surface area contributed by atoms with Crippen LogP contribution in [-0.2, 0) is 14.6 Å². The summed E-state index contributed by atoms with van der Waals surface area (Å²) >= 11 is 6.24. The van der Waals surface area contributed by atoms with Gasteiger partial charge in [0, 0.05) is 29.9 Å². The highest BCUT2D eigenvalue weighted by atomic mass is 35.5. The molecule has 3 aliphatic rings. The van der Waals surface area contributed by atoms with E-state index in [1.54, 1.807) is 0 Å². The number of anilines is 1. The molecule has 5 rings (SSSR count). The lowest BCUT2D eigenvalue weighted by Gasteiger charge is -2.42. The third-order valence-corrected chi connectivity index (χ3v) is 10.9. The van der Waals surface area contributed by atoms with Crippen LogP contribution >= 0.6 is 11.6 Å². The Hall–Kier alpha value is -2.89. The molecule has 2 aromatic carbocycles. The Morgan fingerprint density at radius 3 is 2.23 bits per heavy atom. The summed E-state index contributed by atoms with van der Waals surface area (Å²) in [6, 6.07) is 4.80.